The molecule has 0 aliphatic rings. The van der Waals surface area contributed by atoms with Crippen LogP contribution >= 0.6 is 22.7 Å². The number of non-ortho nitro benzene ring substituents is 1. The third-order valence-electron chi connectivity index (χ3n) is 3.16. The molecular weight excluding hydrogens is 318 g/mol. The number of hydrogen-bond acceptors (Lipinski definition) is 5. The van der Waals surface area contributed by atoms with E-state index in [1.54, 1.807) is 41.9 Å². The van der Waals surface area contributed by atoms with Crippen LogP contribution in [0.15, 0.2) is 48.5 Å². The summed E-state index contributed by atoms with van der Waals surface area (Å²) in [7, 11) is 1.69. The van der Waals surface area contributed by atoms with E-state index in [-0.39, 0.29) is 10.6 Å². The van der Waals surface area contributed by atoms with Crippen molar-refractivity contribution in [3.8, 4) is 20.2 Å². The Morgan fingerprint density at radius 1 is 0.955 bits per heavy atom. The number of benzene rings is 1. The molecule has 0 unspecified atom stereocenters. The Hall–Kier alpha value is -2.02. The lowest BCUT2D eigenvalue weighted by atomic mass is 10.2. The van der Waals surface area contributed by atoms with Crippen LogP contribution in [0.2, 0.25) is 0 Å². The monoisotopic (exact) mass is 331 g/mol. The van der Waals surface area contributed by atoms with Gasteiger partial charge in [-0.05, 0) is 42.0 Å². The Bertz CT molecular complexity index is 790. The van der Waals surface area contributed by atoms with Gasteiger partial charge in [0, 0.05) is 38.8 Å². The molecule has 0 aliphatic carbocycles. The van der Waals surface area contributed by atoms with Crippen molar-refractivity contribution in [2.75, 3.05) is 7.11 Å². The first kappa shape index (κ1) is 14.9. The van der Waals surface area contributed by atoms with Crippen LogP contribution in [0.3, 0.4) is 0 Å². The predicted octanol–water partition coefficient (Wildman–Crippen LogP) is 5.20. The Kier molecular flexibility index (Phi) is 4.33. The van der Waals surface area contributed by atoms with Gasteiger partial charge in [-0.15, -0.1) is 22.7 Å². The van der Waals surface area contributed by atoms with Crippen LogP contribution < -0.4 is 0 Å². The van der Waals surface area contributed by atoms with Crippen molar-refractivity contribution >= 4 is 28.4 Å². The van der Waals surface area contributed by atoms with Gasteiger partial charge in [-0.25, -0.2) is 0 Å². The molecule has 22 heavy (non-hydrogen) atoms. The van der Waals surface area contributed by atoms with E-state index in [2.05, 4.69) is 24.3 Å². The molecule has 1 aromatic carbocycles. The van der Waals surface area contributed by atoms with Gasteiger partial charge in [0.15, 0.2) is 0 Å². The summed E-state index contributed by atoms with van der Waals surface area (Å²) in [6, 6.07) is 15.0. The summed E-state index contributed by atoms with van der Waals surface area (Å²) >= 11 is 3.41. The molecule has 0 spiro atoms. The molecule has 6 heteroatoms. The fraction of sp³-hybridized carbons (Fsp3) is 0.125. The van der Waals surface area contributed by atoms with Gasteiger partial charge in [0.1, 0.15) is 0 Å². The van der Waals surface area contributed by atoms with Crippen LogP contribution in [0.4, 0.5) is 5.69 Å². The fourth-order valence-corrected chi connectivity index (χ4v) is 4.18. The quantitative estimate of drug-likeness (QED) is 0.477. The minimum absolute atomic E-state index is 0.114. The highest BCUT2D eigenvalue weighted by atomic mass is 32.1. The summed E-state index contributed by atoms with van der Waals surface area (Å²) < 4.78 is 5.14. The lowest BCUT2D eigenvalue weighted by Gasteiger charge is -1.97. The van der Waals surface area contributed by atoms with E-state index in [1.165, 1.54) is 26.8 Å². The first-order chi connectivity index (χ1) is 10.7. The van der Waals surface area contributed by atoms with Gasteiger partial charge in [-0.3, -0.25) is 10.1 Å². The summed E-state index contributed by atoms with van der Waals surface area (Å²) in [5, 5.41) is 10.7. The largest absolute Gasteiger partial charge is 0.379 e. The van der Waals surface area contributed by atoms with E-state index in [0.717, 1.165) is 10.4 Å². The number of nitrogens with zero attached hydrogens (tertiary/aromatic N) is 1. The van der Waals surface area contributed by atoms with Crippen LogP contribution in [-0.4, -0.2) is 12.0 Å². The topological polar surface area (TPSA) is 52.4 Å². The highest BCUT2D eigenvalue weighted by Crippen LogP contribution is 2.38. The molecular formula is C16H13NO3S2. The van der Waals surface area contributed by atoms with Crippen LogP contribution in [0.5, 0.6) is 0 Å². The standard InChI is InChI=1S/C16H13NO3S2/c1-20-10-13-6-7-15(21-13)16-9-8-14(22-16)11-2-4-12(5-3-11)17(18)19/h2-9H,10H2,1H3. The van der Waals surface area contributed by atoms with Crippen LogP contribution in [0, 0.1) is 10.1 Å². The fourth-order valence-electron chi connectivity index (χ4n) is 2.10. The molecule has 3 aromatic rings. The molecule has 0 saturated carbocycles. The molecule has 2 aromatic heterocycles. The smallest absolute Gasteiger partial charge is 0.269 e. The number of ether oxygens (including phenoxy) is 1. The first-order valence-corrected chi connectivity index (χ1v) is 8.23. The zero-order valence-electron chi connectivity index (χ0n) is 11.8. The van der Waals surface area contributed by atoms with Crippen LogP contribution in [-0.2, 0) is 11.3 Å². The maximum Gasteiger partial charge on any atom is 0.269 e. The molecule has 0 saturated heterocycles. The van der Waals surface area contributed by atoms with Gasteiger partial charge in [-0.1, -0.05) is 0 Å². The molecule has 0 amide bonds. The highest BCUT2D eigenvalue weighted by molar-refractivity contribution is 7.23. The molecule has 112 valence electrons. The first-order valence-electron chi connectivity index (χ1n) is 6.60. The lowest BCUT2D eigenvalue weighted by molar-refractivity contribution is -0.384. The average Bonchev–Trinajstić information content (AvgIpc) is 3.16. The number of nitro groups is 1. The van der Waals surface area contributed by atoms with Crippen molar-refractivity contribution in [2.24, 2.45) is 0 Å². The van der Waals surface area contributed by atoms with Crippen molar-refractivity contribution < 1.29 is 9.66 Å². The molecule has 0 N–H and O–H groups in total. The molecule has 0 bridgehead atoms. The molecule has 0 fully saturated rings. The van der Waals surface area contributed by atoms with Gasteiger partial charge in [0.2, 0.25) is 0 Å². The molecule has 0 atom stereocenters. The second-order valence-electron chi connectivity index (χ2n) is 4.67. The normalized spacial score (nSPS) is 10.8. The summed E-state index contributed by atoms with van der Waals surface area (Å²) in [5.74, 6) is 0. The van der Waals surface area contributed by atoms with E-state index < -0.39 is 0 Å². The third kappa shape index (κ3) is 3.09. The summed E-state index contributed by atoms with van der Waals surface area (Å²) in [4.78, 5) is 15.0. The van der Waals surface area contributed by atoms with Crippen molar-refractivity contribution in [3.63, 3.8) is 0 Å². The second-order valence-corrected chi connectivity index (χ2v) is 6.92. The van der Waals surface area contributed by atoms with Crippen molar-refractivity contribution in [1.29, 1.82) is 0 Å². The zero-order valence-corrected chi connectivity index (χ0v) is 13.4. The van der Waals surface area contributed by atoms with E-state index >= 15 is 0 Å². The minimum atomic E-state index is -0.382. The number of rotatable bonds is 5. The Morgan fingerprint density at radius 2 is 1.59 bits per heavy atom. The number of methoxy groups -OCH3 is 1. The van der Waals surface area contributed by atoms with Crippen molar-refractivity contribution in [1.82, 2.24) is 0 Å². The van der Waals surface area contributed by atoms with Crippen molar-refractivity contribution in [3.05, 3.63) is 63.5 Å². The van der Waals surface area contributed by atoms with E-state index in [4.69, 9.17) is 4.74 Å². The third-order valence-corrected chi connectivity index (χ3v) is 5.55. The van der Waals surface area contributed by atoms with E-state index in [9.17, 15) is 10.1 Å². The van der Waals surface area contributed by atoms with Gasteiger partial charge >= 0.3 is 0 Å². The zero-order chi connectivity index (χ0) is 15.5. The molecule has 3 rings (SSSR count). The maximum atomic E-state index is 10.7. The molecule has 4 nitrogen and oxygen atoms in total. The maximum absolute atomic E-state index is 10.7. The van der Waals surface area contributed by atoms with Crippen LogP contribution in [0.1, 0.15) is 4.88 Å². The highest BCUT2D eigenvalue weighted by Gasteiger charge is 2.09. The number of thiophene rings is 2. The van der Waals surface area contributed by atoms with Crippen molar-refractivity contribution in [2.45, 2.75) is 6.61 Å². The molecule has 2 heterocycles. The summed E-state index contributed by atoms with van der Waals surface area (Å²) in [6.45, 7) is 0.630. The van der Waals surface area contributed by atoms with E-state index in [0.29, 0.717) is 6.61 Å². The lowest BCUT2D eigenvalue weighted by Crippen LogP contribution is -1.86. The number of hydrogen-bond donors (Lipinski definition) is 0. The summed E-state index contributed by atoms with van der Waals surface area (Å²) in [5.41, 5.74) is 1.11. The van der Waals surface area contributed by atoms with Gasteiger partial charge in [0.25, 0.3) is 5.69 Å². The summed E-state index contributed by atoms with van der Waals surface area (Å²) in [6.07, 6.45) is 0. The predicted molar refractivity (Wildman–Crippen MR) is 90.4 cm³/mol. The average molecular weight is 331 g/mol. The molecule has 0 radical (unpaired) electrons. The second kappa shape index (κ2) is 6.39. The Labute approximate surface area is 135 Å². The Morgan fingerprint density at radius 3 is 2.27 bits per heavy atom. The minimum Gasteiger partial charge on any atom is -0.379 e. The number of nitro benzene ring substituents is 1. The van der Waals surface area contributed by atoms with Gasteiger partial charge < -0.3 is 4.74 Å². The Balaban J connectivity index is 1.84. The SMILES string of the molecule is COCc1ccc(-c2ccc(-c3ccc([N+](=O)[O-])cc3)s2)s1. The van der Waals surface area contributed by atoms with Gasteiger partial charge in [0.05, 0.1) is 11.5 Å². The van der Waals surface area contributed by atoms with Crippen LogP contribution in [0.25, 0.3) is 20.2 Å². The molecule has 0 aliphatic heterocycles. The van der Waals surface area contributed by atoms with Gasteiger partial charge in [-0.2, -0.15) is 0 Å². The van der Waals surface area contributed by atoms with E-state index in [1.807, 2.05) is 0 Å².